The number of carboxylic acid groups (broad SMARTS) is 1. The summed E-state index contributed by atoms with van der Waals surface area (Å²) in [5, 5.41) is 7.79. The molecule has 1 atom stereocenters. The Morgan fingerprint density at radius 1 is 1.08 bits per heavy atom. The number of aliphatic carboxylic acids is 1. The Hall–Kier alpha value is -0.950. The zero-order valence-corrected chi connectivity index (χ0v) is 6.12. The molecule has 2 nitrogen and oxygen atoms in total. The standard InChI is InChI=1S/C5H4F6O2/c1-3(6,2(12)13)4(7,8)5(9,10)11/h1H3,(H,12,13). The lowest BCUT2D eigenvalue weighted by Gasteiger charge is -2.27. The molecule has 0 spiro atoms. The van der Waals surface area contributed by atoms with Gasteiger partial charge in [-0.05, 0) is 6.92 Å². The second kappa shape index (κ2) is 2.78. The first-order valence-electron chi connectivity index (χ1n) is 2.81. The minimum absolute atomic E-state index is 0.344. The van der Waals surface area contributed by atoms with Crippen molar-refractivity contribution >= 4 is 5.97 Å². The van der Waals surface area contributed by atoms with E-state index in [1.54, 1.807) is 0 Å². The topological polar surface area (TPSA) is 37.3 Å². The molecule has 0 aliphatic carbocycles. The maximum Gasteiger partial charge on any atom is 0.457 e. The van der Waals surface area contributed by atoms with Crippen molar-refractivity contribution in [1.29, 1.82) is 0 Å². The third kappa shape index (κ3) is 1.70. The Bertz CT molecular complexity index is 218. The Kier molecular flexibility index (Phi) is 2.57. The van der Waals surface area contributed by atoms with E-state index in [1.165, 1.54) is 0 Å². The summed E-state index contributed by atoms with van der Waals surface area (Å²) in [6, 6.07) is 0. The Morgan fingerprint density at radius 3 is 1.46 bits per heavy atom. The quantitative estimate of drug-likeness (QED) is 0.707. The van der Waals surface area contributed by atoms with Gasteiger partial charge in [0.05, 0.1) is 0 Å². The smallest absolute Gasteiger partial charge is 0.457 e. The Morgan fingerprint density at radius 2 is 1.38 bits per heavy atom. The van der Waals surface area contributed by atoms with Crippen LogP contribution in [0.25, 0.3) is 0 Å². The molecule has 1 N–H and O–H groups in total. The van der Waals surface area contributed by atoms with Crippen molar-refractivity contribution in [3.05, 3.63) is 0 Å². The molecular weight excluding hydrogens is 206 g/mol. The molecule has 1 unspecified atom stereocenters. The summed E-state index contributed by atoms with van der Waals surface area (Å²) in [6.45, 7) is -0.344. The molecular formula is C5H4F6O2. The van der Waals surface area contributed by atoms with Gasteiger partial charge in [-0.2, -0.15) is 22.0 Å². The van der Waals surface area contributed by atoms with Crippen LogP contribution in [0.2, 0.25) is 0 Å². The number of halogens is 6. The van der Waals surface area contributed by atoms with E-state index in [-0.39, 0.29) is 6.92 Å². The van der Waals surface area contributed by atoms with Gasteiger partial charge in [-0.15, -0.1) is 0 Å². The molecule has 0 aliphatic rings. The van der Waals surface area contributed by atoms with Crippen LogP contribution in [0.4, 0.5) is 26.3 Å². The lowest BCUT2D eigenvalue weighted by molar-refractivity contribution is -0.320. The fourth-order valence-corrected chi connectivity index (χ4v) is 0.400. The van der Waals surface area contributed by atoms with E-state index in [4.69, 9.17) is 5.11 Å². The van der Waals surface area contributed by atoms with Crippen LogP contribution in [0, 0.1) is 0 Å². The normalized spacial score (nSPS) is 18.1. The van der Waals surface area contributed by atoms with Crippen LogP contribution < -0.4 is 0 Å². The molecule has 0 amide bonds. The fraction of sp³-hybridized carbons (Fsp3) is 0.800. The Balaban J connectivity index is 5.16. The van der Waals surface area contributed by atoms with Crippen molar-refractivity contribution in [3.8, 4) is 0 Å². The molecule has 0 aromatic carbocycles. The first-order chi connectivity index (χ1) is 5.44. The highest BCUT2D eigenvalue weighted by molar-refractivity contribution is 5.78. The lowest BCUT2D eigenvalue weighted by Crippen LogP contribution is -2.56. The molecule has 0 heterocycles. The van der Waals surface area contributed by atoms with Crippen LogP contribution in [0.3, 0.4) is 0 Å². The van der Waals surface area contributed by atoms with E-state index < -0.39 is 23.7 Å². The van der Waals surface area contributed by atoms with Crippen LogP contribution in [0.5, 0.6) is 0 Å². The molecule has 78 valence electrons. The van der Waals surface area contributed by atoms with Crippen molar-refractivity contribution in [2.24, 2.45) is 0 Å². The van der Waals surface area contributed by atoms with Gasteiger partial charge in [-0.3, -0.25) is 0 Å². The molecule has 0 saturated carbocycles. The van der Waals surface area contributed by atoms with Gasteiger partial charge in [0.2, 0.25) is 0 Å². The molecule has 0 aromatic heterocycles. The van der Waals surface area contributed by atoms with Crippen molar-refractivity contribution in [3.63, 3.8) is 0 Å². The van der Waals surface area contributed by atoms with E-state index in [2.05, 4.69) is 0 Å². The molecule has 0 aliphatic heterocycles. The average Bonchev–Trinajstić information content (AvgIpc) is 1.84. The summed E-state index contributed by atoms with van der Waals surface area (Å²) in [4.78, 5) is 9.76. The van der Waals surface area contributed by atoms with E-state index >= 15 is 0 Å². The van der Waals surface area contributed by atoms with E-state index in [0.29, 0.717) is 0 Å². The van der Waals surface area contributed by atoms with Gasteiger partial charge in [0, 0.05) is 0 Å². The largest absolute Gasteiger partial charge is 0.479 e. The lowest BCUT2D eigenvalue weighted by atomic mass is 10.00. The molecule has 8 heteroatoms. The number of carbonyl (C=O) groups is 1. The van der Waals surface area contributed by atoms with Gasteiger partial charge in [0.15, 0.2) is 0 Å². The monoisotopic (exact) mass is 210 g/mol. The van der Waals surface area contributed by atoms with Crippen molar-refractivity contribution in [1.82, 2.24) is 0 Å². The summed E-state index contributed by atoms with van der Waals surface area (Å²) in [5.74, 6) is -8.78. The summed E-state index contributed by atoms with van der Waals surface area (Å²) >= 11 is 0. The van der Waals surface area contributed by atoms with Crippen LogP contribution in [0.1, 0.15) is 6.92 Å². The molecule has 0 aromatic rings. The highest BCUT2D eigenvalue weighted by Gasteiger charge is 2.72. The minimum atomic E-state index is -6.23. The summed E-state index contributed by atoms with van der Waals surface area (Å²) in [6.07, 6.45) is -6.23. The summed E-state index contributed by atoms with van der Waals surface area (Å²) < 4.78 is 70.9. The molecule has 13 heavy (non-hydrogen) atoms. The minimum Gasteiger partial charge on any atom is -0.479 e. The number of carboxylic acids is 1. The second-order valence-electron chi connectivity index (χ2n) is 2.38. The maximum atomic E-state index is 12.4. The highest BCUT2D eigenvalue weighted by atomic mass is 19.4. The Labute approximate surface area is 68.1 Å². The molecule has 0 bridgehead atoms. The van der Waals surface area contributed by atoms with Gasteiger partial charge in [0.25, 0.3) is 5.67 Å². The maximum absolute atomic E-state index is 12.4. The van der Waals surface area contributed by atoms with Crippen LogP contribution in [0.15, 0.2) is 0 Å². The molecule has 0 rings (SSSR count). The zero-order chi connectivity index (χ0) is 11.1. The van der Waals surface area contributed by atoms with Gasteiger partial charge < -0.3 is 5.11 Å². The predicted molar refractivity (Wildman–Crippen MR) is 28.2 cm³/mol. The number of hydrogen-bond donors (Lipinski definition) is 1. The fourth-order valence-electron chi connectivity index (χ4n) is 0.400. The average molecular weight is 210 g/mol. The van der Waals surface area contributed by atoms with Crippen molar-refractivity contribution in [2.45, 2.75) is 24.7 Å². The second-order valence-corrected chi connectivity index (χ2v) is 2.38. The molecule has 0 saturated heterocycles. The first kappa shape index (κ1) is 12.0. The predicted octanol–water partition coefficient (Wildman–Crippen LogP) is 2.00. The van der Waals surface area contributed by atoms with Gasteiger partial charge in [-0.25, -0.2) is 9.18 Å². The van der Waals surface area contributed by atoms with Gasteiger partial charge >= 0.3 is 18.1 Å². The SMILES string of the molecule is CC(F)(C(=O)O)C(F)(F)C(F)(F)F. The molecule has 0 fully saturated rings. The number of hydrogen-bond acceptors (Lipinski definition) is 1. The van der Waals surface area contributed by atoms with E-state index in [0.717, 1.165) is 0 Å². The van der Waals surface area contributed by atoms with Gasteiger partial charge in [-0.1, -0.05) is 0 Å². The zero-order valence-electron chi connectivity index (χ0n) is 6.12. The van der Waals surface area contributed by atoms with Crippen LogP contribution in [-0.4, -0.2) is 28.8 Å². The van der Waals surface area contributed by atoms with E-state index in [9.17, 15) is 31.1 Å². The number of rotatable bonds is 2. The summed E-state index contributed by atoms with van der Waals surface area (Å²) in [5.41, 5.74) is -4.66. The first-order valence-corrected chi connectivity index (χ1v) is 2.81. The molecule has 0 radical (unpaired) electrons. The van der Waals surface area contributed by atoms with Crippen molar-refractivity contribution < 1.29 is 36.2 Å². The summed E-state index contributed by atoms with van der Waals surface area (Å²) in [7, 11) is 0. The van der Waals surface area contributed by atoms with Crippen molar-refractivity contribution in [2.75, 3.05) is 0 Å². The third-order valence-corrected chi connectivity index (χ3v) is 1.35. The van der Waals surface area contributed by atoms with E-state index in [1.807, 2.05) is 0 Å². The van der Waals surface area contributed by atoms with Gasteiger partial charge in [0.1, 0.15) is 0 Å². The number of alkyl halides is 6. The van der Waals surface area contributed by atoms with Crippen LogP contribution in [-0.2, 0) is 4.79 Å². The highest BCUT2D eigenvalue weighted by Crippen LogP contribution is 2.45. The van der Waals surface area contributed by atoms with Crippen LogP contribution >= 0.6 is 0 Å². The third-order valence-electron chi connectivity index (χ3n) is 1.35.